The molecule has 1 atom stereocenters. The smallest absolute Gasteiger partial charge is 0.183 e. The van der Waals surface area contributed by atoms with Crippen molar-refractivity contribution < 1.29 is 9.84 Å². The molecule has 0 spiro atoms. The molecule has 0 radical (unpaired) electrons. The van der Waals surface area contributed by atoms with Crippen LogP contribution in [0.4, 0.5) is 0 Å². The molecule has 1 heterocycles. The second-order valence-electron chi connectivity index (χ2n) is 8.25. The first-order valence-electron chi connectivity index (χ1n) is 9.96. The summed E-state index contributed by atoms with van der Waals surface area (Å²) in [5, 5.41) is 18.2. The van der Waals surface area contributed by atoms with Crippen LogP contribution in [0, 0.1) is 5.41 Å². The van der Waals surface area contributed by atoms with Gasteiger partial charge < -0.3 is 26.2 Å². The largest absolute Gasteiger partial charge is 0.483 e. The molecule has 2 aliphatic rings. The first-order valence-corrected chi connectivity index (χ1v) is 10.9. The van der Waals surface area contributed by atoms with Crippen molar-refractivity contribution in [2.75, 3.05) is 32.6 Å². The first-order chi connectivity index (χ1) is 13.8. The predicted octanol–water partition coefficient (Wildman–Crippen LogP) is 2.63. The third-order valence-electron chi connectivity index (χ3n) is 5.91. The molecule has 1 aliphatic carbocycles. The maximum Gasteiger partial charge on any atom is 0.183 e. The van der Waals surface area contributed by atoms with Crippen molar-refractivity contribution in [2.45, 2.75) is 36.3 Å². The lowest BCUT2D eigenvalue weighted by Gasteiger charge is -2.30. The third kappa shape index (κ3) is 5.08. The molecule has 1 saturated carbocycles. The Morgan fingerprint density at radius 3 is 2.55 bits per heavy atom. The maximum absolute atomic E-state index is 9.69. The van der Waals surface area contributed by atoms with E-state index in [1.165, 1.54) is 12.7 Å². The Balaban J connectivity index is 1.70. The molecule has 0 aromatic heterocycles. The van der Waals surface area contributed by atoms with Gasteiger partial charge in [-0.2, -0.15) is 11.8 Å². The van der Waals surface area contributed by atoms with Crippen LogP contribution in [0.25, 0.3) is 5.70 Å². The van der Waals surface area contributed by atoms with Crippen LogP contribution in [0.2, 0.25) is 0 Å². The number of ether oxygens (including phenoxy) is 1. The number of hydrogen-bond donors (Lipinski definition) is 4. The summed E-state index contributed by atoms with van der Waals surface area (Å²) in [6.07, 6.45) is 6.28. The number of hydrogen-bond acceptors (Lipinski definition) is 6. The van der Waals surface area contributed by atoms with E-state index >= 15 is 0 Å². The number of methoxy groups -OCH3 is 1. The van der Waals surface area contributed by atoms with Crippen LogP contribution in [-0.2, 0) is 10.2 Å². The number of rotatable bonds is 7. The summed E-state index contributed by atoms with van der Waals surface area (Å²) in [6, 6.07) is 8.40. The minimum absolute atomic E-state index is 0.112. The van der Waals surface area contributed by atoms with Crippen molar-refractivity contribution in [1.82, 2.24) is 4.90 Å². The summed E-state index contributed by atoms with van der Waals surface area (Å²) in [4.78, 5) is 2.21. The first kappa shape index (κ1) is 21.6. The summed E-state index contributed by atoms with van der Waals surface area (Å²) in [5.41, 5.74) is 14.8. The zero-order valence-corrected chi connectivity index (χ0v) is 18.1. The fourth-order valence-electron chi connectivity index (χ4n) is 3.74. The Morgan fingerprint density at radius 2 is 1.97 bits per heavy atom. The van der Waals surface area contributed by atoms with Gasteiger partial charge in [0.05, 0.1) is 19.6 Å². The molecule has 0 amide bonds. The van der Waals surface area contributed by atoms with E-state index in [0.717, 1.165) is 37.2 Å². The monoisotopic (exact) mass is 416 g/mol. The molecule has 158 valence electrons. The quantitative estimate of drug-likeness (QED) is 0.402. The second-order valence-corrected chi connectivity index (χ2v) is 9.94. The van der Waals surface area contributed by atoms with Gasteiger partial charge in [0.15, 0.2) is 5.88 Å². The lowest BCUT2D eigenvalue weighted by Crippen LogP contribution is -2.39. The number of benzene rings is 1. The van der Waals surface area contributed by atoms with Crippen LogP contribution in [-0.4, -0.2) is 53.1 Å². The Labute approximate surface area is 177 Å². The molecule has 7 heteroatoms. The Morgan fingerprint density at radius 1 is 1.28 bits per heavy atom. The Kier molecular flexibility index (Phi) is 6.49. The summed E-state index contributed by atoms with van der Waals surface area (Å²) in [6.45, 7) is 3.89. The third-order valence-corrected chi connectivity index (χ3v) is 7.27. The van der Waals surface area contributed by atoms with Crippen LogP contribution in [0.1, 0.15) is 37.3 Å². The number of aliphatic hydroxyl groups is 1. The van der Waals surface area contributed by atoms with E-state index in [-0.39, 0.29) is 16.8 Å². The van der Waals surface area contributed by atoms with E-state index in [2.05, 4.69) is 24.0 Å². The van der Waals surface area contributed by atoms with Gasteiger partial charge in [-0.1, -0.05) is 24.3 Å². The van der Waals surface area contributed by atoms with Crippen molar-refractivity contribution in [3.05, 3.63) is 53.4 Å². The number of amidine groups is 1. The predicted molar refractivity (Wildman–Crippen MR) is 121 cm³/mol. The fourth-order valence-corrected chi connectivity index (χ4v) is 4.87. The van der Waals surface area contributed by atoms with Crippen LogP contribution < -0.4 is 11.5 Å². The molecule has 1 saturated heterocycles. The van der Waals surface area contributed by atoms with Crippen molar-refractivity contribution in [2.24, 2.45) is 11.5 Å². The maximum atomic E-state index is 9.69. The highest BCUT2D eigenvalue weighted by molar-refractivity contribution is 8.00. The van der Waals surface area contributed by atoms with E-state index in [4.69, 9.17) is 21.6 Å². The number of thioether (sulfide) groups is 1. The van der Waals surface area contributed by atoms with Gasteiger partial charge in [-0.25, -0.2) is 0 Å². The van der Waals surface area contributed by atoms with Gasteiger partial charge in [-0.3, -0.25) is 5.41 Å². The lowest BCUT2D eigenvalue weighted by atomic mass is 9.93. The van der Waals surface area contributed by atoms with Crippen LogP contribution >= 0.6 is 11.8 Å². The summed E-state index contributed by atoms with van der Waals surface area (Å²) < 4.78 is 4.68. The van der Waals surface area contributed by atoms with E-state index in [1.54, 1.807) is 23.9 Å². The zero-order chi connectivity index (χ0) is 21.1. The minimum Gasteiger partial charge on any atom is -0.483 e. The highest BCUT2D eigenvalue weighted by Gasteiger charge is 2.46. The molecular weight excluding hydrogens is 384 g/mol. The van der Waals surface area contributed by atoms with E-state index < -0.39 is 0 Å². The molecule has 1 aromatic rings. The van der Waals surface area contributed by atoms with Crippen LogP contribution in [0.15, 0.2) is 42.3 Å². The van der Waals surface area contributed by atoms with Gasteiger partial charge >= 0.3 is 0 Å². The molecule has 29 heavy (non-hydrogen) atoms. The zero-order valence-electron chi connectivity index (χ0n) is 17.3. The van der Waals surface area contributed by atoms with Gasteiger partial charge in [-0.15, -0.1) is 0 Å². The summed E-state index contributed by atoms with van der Waals surface area (Å²) in [7, 11) is 1.52. The molecule has 1 unspecified atom stereocenters. The van der Waals surface area contributed by atoms with Crippen molar-refractivity contribution >= 4 is 23.3 Å². The second kappa shape index (κ2) is 8.71. The van der Waals surface area contributed by atoms with Gasteiger partial charge in [0.25, 0.3) is 0 Å². The summed E-state index contributed by atoms with van der Waals surface area (Å²) in [5.74, 6) is 1.90. The van der Waals surface area contributed by atoms with E-state index in [1.807, 2.05) is 12.1 Å². The molecule has 1 aliphatic heterocycles. The van der Waals surface area contributed by atoms with Crippen molar-refractivity contribution in [1.29, 1.82) is 5.41 Å². The van der Waals surface area contributed by atoms with Crippen molar-refractivity contribution in [3.63, 3.8) is 0 Å². The summed E-state index contributed by atoms with van der Waals surface area (Å²) >= 11 is 1.77. The molecule has 6 N–H and O–H groups in total. The molecule has 1 aromatic carbocycles. The number of allylic oxidation sites excluding steroid dienone is 2. The minimum atomic E-state index is -0.241. The Bertz CT molecular complexity index is 802. The van der Waals surface area contributed by atoms with Gasteiger partial charge in [-0.05, 0) is 43.0 Å². The molecular formula is C22H32N4O2S. The van der Waals surface area contributed by atoms with Crippen molar-refractivity contribution in [3.8, 4) is 0 Å². The average Bonchev–Trinajstić information content (AvgIpc) is 3.52. The van der Waals surface area contributed by atoms with Crippen LogP contribution in [0.5, 0.6) is 0 Å². The van der Waals surface area contributed by atoms with Gasteiger partial charge in [0.2, 0.25) is 0 Å². The number of aliphatic hydroxyl groups excluding tert-OH is 1. The Hall–Kier alpha value is -2.12. The standard InChI is InChI=1S/C22H32N4O2S/c1-21(15-27)13-19(24)26(11-12-29-21)14-22(9-10-22)17-5-3-16(4-6-17)18(23)7-8-20(25)28-2/h3-8,24,27H,9-15,23,25H2,1-2H3/b18-7-,20-8+,24-19?. The van der Waals surface area contributed by atoms with Gasteiger partial charge in [0, 0.05) is 41.1 Å². The van der Waals surface area contributed by atoms with E-state index in [9.17, 15) is 5.11 Å². The fraction of sp³-hybridized carbons (Fsp3) is 0.500. The SMILES string of the molecule is CO/C(N)=C/C=C(\N)c1ccc(C2(CN3CCSC(C)(CO)CC3=N)CC2)cc1. The number of nitrogens with two attached hydrogens (primary N) is 2. The normalized spacial score (nSPS) is 24.9. The average molecular weight is 417 g/mol. The van der Waals surface area contributed by atoms with Crippen LogP contribution in [0.3, 0.4) is 0 Å². The topological polar surface area (TPSA) is 109 Å². The van der Waals surface area contributed by atoms with E-state index in [0.29, 0.717) is 23.8 Å². The number of nitrogens with zero attached hydrogens (tertiary/aromatic N) is 1. The molecule has 2 fully saturated rings. The molecule has 6 nitrogen and oxygen atoms in total. The number of nitrogens with one attached hydrogen (secondary N) is 1. The lowest BCUT2D eigenvalue weighted by molar-refractivity contribution is 0.257. The highest BCUT2D eigenvalue weighted by atomic mass is 32.2. The molecule has 3 rings (SSSR count). The highest BCUT2D eigenvalue weighted by Crippen LogP contribution is 2.49. The molecule has 0 bridgehead atoms. The van der Waals surface area contributed by atoms with Gasteiger partial charge in [0.1, 0.15) is 0 Å².